The highest BCUT2D eigenvalue weighted by atomic mass is 32.2. The Balaban J connectivity index is 2.43. The molecule has 0 aliphatic carbocycles. The number of rotatable bonds is 6. The topological polar surface area (TPSA) is 61.0 Å². The van der Waals surface area contributed by atoms with Gasteiger partial charge in [0.1, 0.15) is 0 Å². The average Bonchev–Trinajstić information content (AvgIpc) is 2.25. The second-order valence-electron chi connectivity index (χ2n) is 3.55. The smallest absolute Gasteiger partial charge is 0.188 e. The lowest BCUT2D eigenvalue weighted by atomic mass is 10.2. The first-order valence-corrected chi connectivity index (χ1v) is 6.36. The van der Waals surface area contributed by atoms with Crippen molar-refractivity contribution in [3.8, 4) is 0 Å². The quantitative estimate of drug-likeness (QED) is 0.464. The number of thioether (sulfide) groups is 1. The molecule has 1 heterocycles. The van der Waals surface area contributed by atoms with Crippen molar-refractivity contribution in [3.05, 3.63) is 17.0 Å². The zero-order valence-electron chi connectivity index (χ0n) is 10.1. The molecule has 0 unspecified atom stereocenters. The van der Waals surface area contributed by atoms with E-state index in [1.54, 1.807) is 11.8 Å². The highest BCUT2D eigenvalue weighted by molar-refractivity contribution is 7.99. The third-order valence-electron chi connectivity index (χ3n) is 2.33. The van der Waals surface area contributed by atoms with E-state index in [0.717, 1.165) is 22.3 Å². The summed E-state index contributed by atoms with van der Waals surface area (Å²) in [4.78, 5) is 8.85. The van der Waals surface area contributed by atoms with Crippen molar-refractivity contribution in [2.24, 2.45) is 5.73 Å². The normalized spacial score (nSPS) is 10.8. The number of aryl methyl sites for hydroxylation is 2. The standard InChI is InChI=1S/C11H19N3OS/c1-8-9(2)13-11(14-10(8)3)16-7-6-15-5-4-12/h4-7,12H2,1-3H3. The lowest BCUT2D eigenvalue weighted by Gasteiger charge is -2.06. The molecule has 0 fully saturated rings. The molecule has 90 valence electrons. The summed E-state index contributed by atoms with van der Waals surface area (Å²) >= 11 is 1.62. The number of aromatic nitrogens is 2. The molecule has 0 bridgehead atoms. The van der Waals surface area contributed by atoms with Gasteiger partial charge in [0.2, 0.25) is 0 Å². The molecule has 0 amide bonds. The van der Waals surface area contributed by atoms with E-state index in [-0.39, 0.29) is 0 Å². The van der Waals surface area contributed by atoms with Gasteiger partial charge < -0.3 is 10.5 Å². The lowest BCUT2D eigenvalue weighted by Crippen LogP contribution is -2.10. The average molecular weight is 241 g/mol. The molecule has 0 aliphatic heterocycles. The van der Waals surface area contributed by atoms with Gasteiger partial charge >= 0.3 is 0 Å². The number of hydrogen-bond donors (Lipinski definition) is 1. The van der Waals surface area contributed by atoms with E-state index in [4.69, 9.17) is 10.5 Å². The largest absolute Gasteiger partial charge is 0.379 e. The minimum Gasteiger partial charge on any atom is -0.379 e. The second-order valence-corrected chi connectivity index (χ2v) is 4.61. The Kier molecular flexibility index (Phi) is 5.73. The summed E-state index contributed by atoms with van der Waals surface area (Å²) in [6, 6.07) is 0. The number of nitrogens with two attached hydrogens (primary N) is 1. The minimum atomic E-state index is 0.573. The first-order valence-electron chi connectivity index (χ1n) is 5.37. The molecule has 5 heteroatoms. The molecule has 2 N–H and O–H groups in total. The van der Waals surface area contributed by atoms with E-state index in [2.05, 4.69) is 9.97 Å². The van der Waals surface area contributed by atoms with E-state index >= 15 is 0 Å². The molecular weight excluding hydrogens is 222 g/mol. The van der Waals surface area contributed by atoms with Crippen molar-refractivity contribution in [1.29, 1.82) is 0 Å². The first kappa shape index (κ1) is 13.4. The summed E-state index contributed by atoms with van der Waals surface area (Å²) in [5.74, 6) is 0.863. The van der Waals surface area contributed by atoms with Crippen LogP contribution in [0.4, 0.5) is 0 Å². The van der Waals surface area contributed by atoms with Crippen LogP contribution >= 0.6 is 11.8 Å². The highest BCUT2D eigenvalue weighted by Crippen LogP contribution is 2.16. The van der Waals surface area contributed by atoms with Gasteiger partial charge in [-0.3, -0.25) is 0 Å². The monoisotopic (exact) mass is 241 g/mol. The summed E-state index contributed by atoms with van der Waals surface area (Å²) in [5, 5.41) is 0.831. The summed E-state index contributed by atoms with van der Waals surface area (Å²) in [6.07, 6.45) is 0. The summed E-state index contributed by atoms with van der Waals surface area (Å²) < 4.78 is 5.29. The predicted octanol–water partition coefficient (Wildman–Crippen LogP) is 1.47. The predicted molar refractivity (Wildman–Crippen MR) is 66.8 cm³/mol. The van der Waals surface area contributed by atoms with Crippen LogP contribution in [0.15, 0.2) is 5.16 Å². The molecule has 1 aromatic rings. The zero-order valence-corrected chi connectivity index (χ0v) is 10.9. The van der Waals surface area contributed by atoms with Crippen LogP contribution < -0.4 is 5.73 Å². The van der Waals surface area contributed by atoms with Crippen molar-refractivity contribution in [2.45, 2.75) is 25.9 Å². The molecule has 0 aromatic carbocycles. The van der Waals surface area contributed by atoms with Gasteiger partial charge in [0.25, 0.3) is 0 Å². The van der Waals surface area contributed by atoms with E-state index in [9.17, 15) is 0 Å². The van der Waals surface area contributed by atoms with Gasteiger partial charge in [-0.25, -0.2) is 9.97 Å². The Hall–Kier alpha value is -0.650. The zero-order chi connectivity index (χ0) is 12.0. The molecule has 0 saturated carbocycles. The van der Waals surface area contributed by atoms with Crippen LogP contribution in [0.25, 0.3) is 0 Å². The molecule has 4 nitrogen and oxygen atoms in total. The van der Waals surface area contributed by atoms with Gasteiger partial charge in [0, 0.05) is 23.7 Å². The van der Waals surface area contributed by atoms with Crippen LogP contribution in [-0.2, 0) is 4.74 Å². The van der Waals surface area contributed by atoms with E-state index in [1.807, 2.05) is 20.8 Å². The van der Waals surface area contributed by atoms with Gasteiger partial charge in [-0.2, -0.15) is 0 Å². The van der Waals surface area contributed by atoms with E-state index in [1.165, 1.54) is 5.56 Å². The third-order valence-corrected chi connectivity index (χ3v) is 3.14. The summed E-state index contributed by atoms with van der Waals surface area (Å²) in [7, 11) is 0. The van der Waals surface area contributed by atoms with Crippen LogP contribution in [0, 0.1) is 20.8 Å². The van der Waals surface area contributed by atoms with Gasteiger partial charge in [-0.05, 0) is 26.3 Å². The van der Waals surface area contributed by atoms with E-state index < -0.39 is 0 Å². The number of nitrogens with zero attached hydrogens (tertiary/aromatic N) is 2. The fraction of sp³-hybridized carbons (Fsp3) is 0.636. The Morgan fingerprint density at radius 1 is 1.12 bits per heavy atom. The van der Waals surface area contributed by atoms with Crippen LogP contribution in [0.5, 0.6) is 0 Å². The fourth-order valence-electron chi connectivity index (χ4n) is 1.18. The number of hydrogen-bond acceptors (Lipinski definition) is 5. The number of ether oxygens (including phenoxy) is 1. The Morgan fingerprint density at radius 3 is 2.31 bits per heavy atom. The third kappa shape index (κ3) is 4.08. The van der Waals surface area contributed by atoms with Gasteiger partial charge in [0.05, 0.1) is 13.2 Å². The molecule has 0 atom stereocenters. The van der Waals surface area contributed by atoms with Crippen LogP contribution in [-0.4, -0.2) is 35.5 Å². The maximum atomic E-state index is 5.32. The minimum absolute atomic E-state index is 0.573. The molecule has 0 radical (unpaired) electrons. The highest BCUT2D eigenvalue weighted by Gasteiger charge is 2.04. The summed E-state index contributed by atoms with van der Waals surface area (Å²) in [5.41, 5.74) is 8.60. The van der Waals surface area contributed by atoms with Crippen molar-refractivity contribution >= 4 is 11.8 Å². The Morgan fingerprint density at radius 2 is 1.75 bits per heavy atom. The lowest BCUT2D eigenvalue weighted by molar-refractivity contribution is 0.158. The second kappa shape index (κ2) is 6.83. The van der Waals surface area contributed by atoms with Crippen LogP contribution in [0.3, 0.4) is 0 Å². The molecule has 16 heavy (non-hydrogen) atoms. The van der Waals surface area contributed by atoms with Crippen LogP contribution in [0.2, 0.25) is 0 Å². The van der Waals surface area contributed by atoms with Gasteiger partial charge in [-0.15, -0.1) is 0 Å². The molecule has 0 spiro atoms. The SMILES string of the molecule is Cc1nc(SCCOCCN)nc(C)c1C. The van der Waals surface area contributed by atoms with Crippen molar-refractivity contribution < 1.29 is 4.74 Å². The molecule has 1 aromatic heterocycles. The van der Waals surface area contributed by atoms with Crippen molar-refractivity contribution in [2.75, 3.05) is 25.5 Å². The Bertz CT molecular complexity index is 321. The summed E-state index contributed by atoms with van der Waals surface area (Å²) in [6.45, 7) is 7.95. The van der Waals surface area contributed by atoms with Crippen LogP contribution in [0.1, 0.15) is 17.0 Å². The molecule has 0 saturated heterocycles. The fourth-order valence-corrected chi connectivity index (χ4v) is 1.97. The van der Waals surface area contributed by atoms with Crippen molar-refractivity contribution in [1.82, 2.24) is 9.97 Å². The van der Waals surface area contributed by atoms with Gasteiger partial charge in [-0.1, -0.05) is 11.8 Å². The Labute approximate surface area is 101 Å². The van der Waals surface area contributed by atoms with Crippen molar-refractivity contribution in [3.63, 3.8) is 0 Å². The molecule has 0 aliphatic rings. The van der Waals surface area contributed by atoms with E-state index in [0.29, 0.717) is 19.8 Å². The molecule has 1 rings (SSSR count). The first-order chi connectivity index (χ1) is 7.65. The maximum absolute atomic E-state index is 5.32. The maximum Gasteiger partial charge on any atom is 0.188 e. The molecular formula is C11H19N3OS. The van der Waals surface area contributed by atoms with Gasteiger partial charge in [0.15, 0.2) is 5.16 Å².